The third-order valence-electron chi connectivity index (χ3n) is 6.57. The molecule has 0 aliphatic heterocycles. The molecule has 1 aromatic heterocycles. The standard InChI is InChI=1S/C22H27FN4O2S2/c23-19-11-16(12-25-15-6-3-7-15)30-21(19)31(24,29)27-22(28)26-20-17-8-1-4-13(17)10-14-5-2-9-18(14)20/h10-11,15,25H,1-9,12H2,(H3,24,26,27,28,29)/t31-/m0/s1. The summed E-state index contributed by atoms with van der Waals surface area (Å²) in [5.74, 6) is -0.666. The molecule has 3 aliphatic carbocycles. The lowest BCUT2D eigenvalue weighted by molar-refractivity contribution is 0.260. The van der Waals surface area contributed by atoms with E-state index in [-0.39, 0.29) is 4.21 Å². The smallest absolute Gasteiger partial charge is 0.309 e. The number of nitrogens with zero attached hydrogens (tertiary/aromatic N) is 1. The average Bonchev–Trinajstić information content (AvgIpc) is 3.39. The highest BCUT2D eigenvalue weighted by atomic mass is 32.2. The third kappa shape index (κ3) is 4.16. The van der Waals surface area contributed by atoms with Crippen LogP contribution in [-0.4, -0.2) is 16.3 Å². The first-order valence-corrected chi connectivity index (χ1v) is 13.3. The van der Waals surface area contributed by atoms with Gasteiger partial charge in [0, 0.05) is 23.2 Å². The minimum Gasteiger partial charge on any atom is -0.309 e. The van der Waals surface area contributed by atoms with Gasteiger partial charge < -0.3 is 10.6 Å². The highest BCUT2D eigenvalue weighted by molar-refractivity contribution is 7.93. The summed E-state index contributed by atoms with van der Waals surface area (Å²) in [4.78, 5) is 13.4. The van der Waals surface area contributed by atoms with Crippen molar-refractivity contribution in [1.29, 1.82) is 0 Å². The maximum absolute atomic E-state index is 14.5. The van der Waals surface area contributed by atoms with Gasteiger partial charge in [-0.25, -0.2) is 18.5 Å². The first-order chi connectivity index (χ1) is 14.9. The van der Waals surface area contributed by atoms with Crippen molar-refractivity contribution in [1.82, 2.24) is 5.32 Å². The summed E-state index contributed by atoms with van der Waals surface area (Å²) in [5, 5.41) is 12.1. The van der Waals surface area contributed by atoms with E-state index in [1.54, 1.807) is 0 Å². The van der Waals surface area contributed by atoms with Gasteiger partial charge in [0.05, 0.1) is 0 Å². The van der Waals surface area contributed by atoms with Gasteiger partial charge in [-0.1, -0.05) is 12.5 Å². The molecule has 31 heavy (non-hydrogen) atoms. The summed E-state index contributed by atoms with van der Waals surface area (Å²) < 4.78 is 31.0. The highest BCUT2D eigenvalue weighted by Gasteiger charge is 2.26. The molecule has 0 bridgehead atoms. The van der Waals surface area contributed by atoms with Crippen LogP contribution in [-0.2, 0) is 42.1 Å². The van der Waals surface area contributed by atoms with E-state index in [4.69, 9.17) is 5.14 Å². The second-order valence-electron chi connectivity index (χ2n) is 8.68. The van der Waals surface area contributed by atoms with Crippen LogP contribution >= 0.6 is 11.3 Å². The van der Waals surface area contributed by atoms with Gasteiger partial charge in [-0.05, 0) is 79.7 Å². The quantitative estimate of drug-likeness (QED) is 0.613. The Morgan fingerprint density at radius 2 is 1.81 bits per heavy atom. The number of thiophene rings is 1. The first-order valence-electron chi connectivity index (χ1n) is 10.9. The average molecular weight is 463 g/mol. The molecule has 2 amide bonds. The van der Waals surface area contributed by atoms with Crippen LogP contribution in [0, 0.1) is 5.82 Å². The molecular weight excluding hydrogens is 435 g/mol. The van der Waals surface area contributed by atoms with Crippen LogP contribution in [0.2, 0.25) is 0 Å². The minimum atomic E-state index is -3.67. The molecule has 4 N–H and O–H groups in total. The van der Waals surface area contributed by atoms with Gasteiger partial charge in [0.1, 0.15) is 0 Å². The van der Waals surface area contributed by atoms with Crippen LogP contribution < -0.4 is 15.8 Å². The van der Waals surface area contributed by atoms with Crippen LogP contribution in [0.5, 0.6) is 0 Å². The Labute approximate surface area is 186 Å². The van der Waals surface area contributed by atoms with Crippen molar-refractivity contribution < 1.29 is 13.4 Å². The van der Waals surface area contributed by atoms with Crippen LogP contribution in [0.3, 0.4) is 0 Å². The molecule has 9 heteroatoms. The van der Waals surface area contributed by atoms with Gasteiger partial charge in [-0.3, -0.25) is 0 Å². The highest BCUT2D eigenvalue weighted by Crippen LogP contribution is 2.38. The lowest BCUT2D eigenvalue weighted by Gasteiger charge is -2.26. The number of nitrogens with two attached hydrogens (primary N) is 1. The Morgan fingerprint density at radius 1 is 1.13 bits per heavy atom. The molecular formula is C22H27FN4O2S2. The van der Waals surface area contributed by atoms with Gasteiger partial charge in [-0.15, -0.1) is 15.7 Å². The number of rotatable bonds is 5. The second kappa shape index (κ2) is 8.27. The van der Waals surface area contributed by atoms with E-state index >= 15 is 0 Å². The van der Waals surface area contributed by atoms with Crippen LogP contribution in [0.4, 0.5) is 14.9 Å². The van der Waals surface area contributed by atoms with Gasteiger partial charge in [0.25, 0.3) is 0 Å². The van der Waals surface area contributed by atoms with Crippen LogP contribution in [0.15, 0.2) is 20.7 Å². The first kappa shape index (κ1) is 21.1. The molecule has 166 valence electrons. The number of fused-ring (bicyclic) bond motifs is 2. The van der Waals surface area contributed by atoms with Crippen molar-refractivity contribution in [2.75, 3.05) is 5.32 Å². The van der Waals surface area contributed by atoms with Gasteiger partial charge >= 0.3 is 6.03 Å². The van der Waals surface area contributed by atoms with Gasteiger partial charge in [-0.2, -0.15) is 0 Å². The summed E-state index contributed by atoms with van der Waals surface area (Å²) in [6.07, 6.45) is 9.41. The van der Waals surface area contributed by atoms with Crippen molar-refractivity contribution in [3.8, 4) is 0 Å². The molecule has 1 atom stereocenters. The fourth-order valence-electron chi connectivity index (χ4n) is 4.80. The predicted molar refractivity (Wildman–Crippen MR) is 121 cm³/mol. The number of anilines is 1. The number of carbonyl (C=O) groups excluding carboxylic acids is 1. The normalized spacial score (nSPS) is 19.4. The monoisotopic (exact) mass is 462 g/mol. The molecule has 2 aromatic rings. The molecule has 0 unspecified atom stereocenters. The zero-order chi connectivity index (χ0) is 21.6. The van der Waals surface area contributed by atoms with E-state index in [2.05, 4.69) is 21.1 Å². The lowest BCUT2D eigenvalue weighted by Crippen LogP contribution is -2.34. The van der Waals surface area contributed by atoms with Gasteiger partial charge in [0.15, 0.2) is 19.9 Å². The zero-order valence-corrected chi connectivity index (χ0v) is 19.0. The Bertz CT molecular complexity index is 1130. The summed E-state index contributed by atoms with van der Waals surface area (Å²) in [7, 11) is -3.67. The summed E-state index contributed by atoms with van der Waals surface area (Å²) >= 11 is 1.02. The van der Waals surface area contributed by atoms with Gasteiger partial charge in [0.2, 0.25) is 0 Å². The fourth-order valence-corrected chi connectivity index (χ4v) is 7.14. The molecule has 0 saturated heterocycles. The Balaban J connectivity index is 1.38. The number of nitrogens with one attached hydrogen (secondary N) is 2. The molecule has 1 heterocycles. The van der Waals surface area contributed by atoms with Crippen molar-refractivity contribution in [3.63, 3.8) is 0 Å². The molecule has 1 fully saturated rings. The Morgan fingerprint density at radius 3 is 2.42 bits per heavy atom. The SMILES string of the molecule is N[S@](=O)(=NC(=O)Nc1c2c(cc3c1CCC3)CCC2)c1sc(CNC2CCC2)cc1F. The molecule has 1 aromatic carbocycles. The van der Waals surface area contributed by atoms with Crippen LogP contribution in [0.25, 0.3) is 0 Å². The largest absolute Gasteiger partial charge is 0.354 e. The number of carbonyl (C=O) groups is 1. The Kier molecular flexibility index (Phi) is 5.62. The summed E-state index contributed by atoms with van der Waals surface area (Å²) in [6, 6.07) is 3.29. The topological polar surface area (TPSA) is 96.6 Å². The molecule has 1 saturated carbocycles. The maximum Gasteiger partial charge on any atom is 0.354 e. The number of hydrogen-bond acceptors (Lipinski definition) is 4. The van der Waals surface area contributed by atoms with E-state index in [0.29, 0.717) is 17.5 Å². The van der Waals surface area contributed by atoms with E-state index in [0.717, 1.165) is 79.5 Å². The minimum absolute atomic E-state index is 0.170. The molecule has 3 aliphatic rings. The fraction of sp³-hybridized carbons (Fsp3) is 0.500. The number of benzene rings is 1. The number of amides is 2. The van der Waals surface area contributed by atoms with E-state index in [1.807, 2.05) is 0 Å². The molecule has 0 spiro atoms. The van der Waals surface area contributed by atoms with Crippen molar-refractivity contribution in [2.24, 2.45) is 9.50 Å². The zero-order valence-electron chi connectivity index (χ0n) is 17.3. The van der Waals surface area contributed by atoms with E-state index in [9.17, 15) is 13.4 Å². The predicted octanol–water partition coefficient (Wildman–Crippen LogP) is 4.44. The number of urea groups is 1. The molecule has 5 rings (SSSR count). The second-order valence-corrected chi connectivity index (χ2v) is 11.8. The third-order valence-corrected chi connectivity index (χ3v) is 9.60. The van der Waals surface area contributed by atoms with Crippen molar-refractivity contribution >= 4 is 33.0 Å². The lowest BCUT2D eigenvalue weighted by atomic mass is 9.93. The van der Waals surface area contributed by atoms with E-state index in [1.165, 1.54) is 23.6 Å². The van der Waals surface area contributed by atoms with Crippen LogP contribution in [0.1, 0.15) is 59.2 Å². The number of aryl methyl sites for hydroxylation is 2. The summed E-state index contributed by atoms with van der Waals surface area (Å²) in [5.41, 5.74) is 5.66. The summed E-state index contributed by atoms with van der Waals surface area (Å²) in [6.45, 7) is 0.496. The van der Waals surface area contributed by atoms with Crippen molar-refractivity contribution in [3.05, 3.63) is 45.1 Å². The molecule has 0 radical (unpaired) electrons. The number of hydrogen-bond donors (Lipinski definition) is 3. The molecule has 6 nitrogen and oxygen atoms in total. The van der Waals surface area contributed by atoms with Crippen molar-refractivity contribution in [2.45, 2.75) is 74.6 Å². The number of halogens is 1. The maximum atomic E-state index is 14.5. The van der Waals surface area contributed by atoms with E-state index < -0.39 is 21.8 Å². The Hall–Kier alpha value is -1.81.